The first-order valence-electron chi connectivity index (χ1n) is 6.70. The highest BCUT2D eigenvalue weighted by atomic mass is 16.5. The molecule has 0 radical (unpaired) electrons. The molecule has 1 aliphatic rings. The Labute approximate surface area is 121 Å². The number of aliphatic hydroxyl groups is 1. The van der Waals surface area contributed by atoms with Crippen LogP contribution >= 0.6 is 0 Å². The van der Waals surface area contributed by atoms with Crippen LogP contribution in [0.5, 0.6) is 0 Å². The molecular weight excluding hydrogens is 272 g/mol. The van der Waals surface area contributed by atoms with E-state index in [0.717, 1.165) is 11.1 Å². The maximum absolute atomic E-state index is 12.2. The molecule has 110 valence electrons. The van der Waals surface area contributed by atoms with E-state index in [9.17, 15) is 9.90 Å². The molecule has 2 N–H and O–H groups in total. The Bertz CT molecular complexity index is 653. The predicted octanol–water partition coefficient (Wildman–Crippen LogP) is 1.21. The van der Waals surface area contributed by atoms with Gasteiger partial charge in [0.25, 0.3) is 5.91 Å². The van der Waals surface area contributed by atoms with Crippen LogP contribution in [0, 0.1) is 0 Å². The van der Waals surface area contributed by atoms with Crippen molar-refractivity contribution < 1.29 is 19.2 Å². The molecule has 1 aromatic heterocycles. The first-order valence-corrected chi connectivity index (χ1v) is 6.70. The highest BCUT2D eigenvalue weighted by Gasteiger charge is 2.32. The van der Waals surface area contributed by atoms with Crippen molar-refractivity contribution in [2.45, 2.75) is 25.2 Å². The fourth-order valence-electron chi connectivity index (χ4n) is 2.59. The van der Waals surface area contributed by atoms with Crippen molar-refractivity contribution in [3.8, 4) is 0 Å². The van der Waals surface area contributed by atoms with Gasteiger partial charge in [0, 0.05) is 19.6 Å². The summed E-state index contributed by atoms with van der Waals surface area (Å²) < 4.78 is 9.90. The number of nitrogens with zero attached hydrogens (tertiary/aromatic N) is 1. The van der Waals surface area contributed by atoms with Crippen molar-refractivity contribution in [1.29, 1.82) is 0 Å². The smallest absolute Gasteiger partial charge is 0.274 e. The minimum atomic E-state index is -0.628. The summed E-state index contributed by atoms with van der Waals surface area (Å²) in [6.45, 7) is 0.259. The number of ether oxygens (including phenoxy) is 1. The lowest BCUT2D eigenvalue weighted by Crippen LogP contribution is -2.34. The number of fused-ring (bicyclic) bond motifs is 1. The van der Waals surface area contributed by atoms with Crippen molar-refractivity contribution in [1.82, 2.24) is 10.5 Å². The lowest BCUT2D eigenvalue weighted by molar-refractivity contribution is 0.0849. The van der Waals surface area contributed by atoms with E-state index < -0.39 is 12.1 Å². The van der Waals surface area contributed by atoms with Gasteiger partial charge in [0.15, 0.2) is 11.5 Å². The molecular formula is C15H16N2O4. The van der Waals surface area contributed by atoms with Crippen molar-refractivity contribution in [3.63, 3.8) is 0 Å². The van der Waals surface area contributed by atoms with E-state index in [1.54, 1.807) is 0 Å². The number of aliphatic hydroxyl groups excluding tert-OH is 1. The van der Waals surface area contributed by atoms with Crippen LogP contribution in [0.3, 0.4) is 0 Å². The number of rotatable bonds is 4. The second-order valence-corrected chi connectivity index (χ2v) is 5.03. The zero-order valence-corrected chi connectivity index (χ0v) is 11.6. The molecule has 1 aromatic carbocycles. The van der Waals surface area contributed by atoms with E-state index in [2.05, 4.69) is 10.5 Å². The van der Waals surface area contributed by atoms with Gasteiger partial charge in [0.05, 0.1) is 12.1 Å². The molecule has 0 aliphatic heterocycles. The van der Waals surface area contributed by atoms with E-state index in [1.807, 2.05) is 24.3 Å². The third kappa shape index (κ3) is 2.68. The second kappa shape index (κ2) is 5.67. The summed E-state index contributed by atoms with van der Waals surface area (Å²) in [5.74, 6) is 0.108. The fraction of sp³-hybridized carbons (Fsp3) is 0.333. The first kappa shape index (κ1) is 13.8. The maximum atomic E-state index is 12.2. The molecule has 21 heavy (non-hydrogen) atoms. The number of hydrogen-bond donors (Lipinski definition) is 2. The summed E-state index contributed by atoms with van der Waals surface area (Å²) in [6, 6.07) is 8.79. The average Bonchev–Trinajstić information content (AvgIpc) is 3.05. The van der Waals surface area contributed by atoms with Gasteiger partial charge in [-0.15, -0.1) is 0 Å². The summed E-state index contributed by atoms with van der Waals surface area (Å²) in [5.41, 5.74) is 2.17. The average molecular weight is 288 g/mol. The fourth-order valence-corrected chi connectivity index (χ4v) is 2.59. The Morgan fingerprint density at radius 2 is 2.33 bits per heavy atom. The van der Waals surface area contributed by atoms with Crippen LogP contribution in [0.4, 0.5) is 0 Å². The number of nitrogens with one attached hydrogen (secondary N) is 1. The van der Waals surface area contributed by atoms with Crippen LogP contribution < -0.4 is 5.32 Å². The maximum Gasteiger partial charge on any atom is 0.274 e. The van der Waals surface area contributed by atoms with E-state index in [0.29, 0.717) is 12.2 Å². The number of carbonyl (C=O) groups excluding carboxylic acids is 1. The molecule has 1 aliphatic carbocycles. The SMILES string of the molecule is COCc1cc(C(=O)NC2c3ccccc3CC2O)no1. The number of aromatic nitrogens is 1. The summed E-state index contributed by atoms with van der Waals surface area (Å²) in [7, 11) is 1.54. The molecule has 1 amide bonds. The van der Waals surface area contributed by atoms with Gasteiger partial charge < -0.3 is 19.7 Å². The number of amides is 1. The second-order valence-electron chi connectivity index (χ2n) is 5.03. The number of hydrogen-bond acceptors (Lipinski definition) is 5. The zero-order valence-electron chi connectivity index (χ0n) is 11.6. The molecule has 2 atom stereocenters. The minimum absolute atomic E-state index is 0.179. The van der Waals surface area contributed by atoms with Crippen molar-refractivity contribution >= 4 is 5.91 Å². The predicted molar refractivity (Wildman–Crippen MR) is 73.6 cm³/mol. The third-order valence-corrected chi connectivity index (χ3v) is 3.57. The topological polar surface area (TPSA) is 84.6 Å². The monoisotopic (exact) mass is 288 g/mol. The van der Waals surface area contributed by atoms with Gasteiger partial charge in [-0.05, 0) is 11.1 Å². The highest BCUT2D eigenvalue weighted by Crippen LogP contribution is 2.31. The molecule has 2 unspecified atom stereocenters. The summed E-state index contributed by atoms with van der Waals surface area (Å²) >= 11 is 0. The molecule has 1 heterocycles. The normalized spacial score (nSPS) is 20.3. The Balaban J connectivity index is 1.75. The molecule has 2 aromatic rings. The van der Waals surface area contributed by atoms with E-state index in [1.165, 1.54) is 13.2 Å². The molecule has 3 rings (SSSR count). The van der Waals surface area contributed by atoms with Crippen molar-refractivity contribution in [2.24, 2.45) is 0 Å². The van der Waals surface area contributed by atoms with Crippen LogP contribution in [0.1, 0.15) is 33.4 Å². The van der Waals surface area contributed by atoms with Crippen LogP contribution in [0.25, 0.3) is 0 Å². The summed E-state index contributed by atoms with van der Waals surface area (Å²) in [6.07, 6.45) is -0.0915. The van der Waals surface area contributed by atoms with Crippen molar-refractivity contribution in [3.05, 3.63) is 52.9 Å². The Morgan fingerprint density at radius 3 is 3.14 bits per heavy atom. The Kier molecular flexibility index (Phi) is 3.72. The van der Waals surface area contributed by atoms with Gasteiger partial charge in [-0.2, -0.15) is 0 Å². The lowest BCUT2D eigenvalue weighted by Gasteiger charge is -2.16. The van der Waals surface area contributed by atoms with Crippen molar-refractivity contribution in [2.75, 3.05) is 7.11 Å². The third-order valence-electron chi connectivity index (χ3n) is 3.57. The van der Waals surface area contributed by atoms with Crippen LogP contribution in [-0.4, -0.2) is 29.4 Å². The van der Waals surface area contributed by atoms with E-state index >= 15 is 0 Å². The summed E-state index contributed by atoms with van der Waals surface area (Å²) in [5, 5.41) is 16.6. The minimum Gasteiger partial charge on any atom is -0.390 e. The lowest BCUT2D eigenvalue weighted by atomic mass is 10.1. The zero-order chi connectivity index (χ0) is 14.8. The van der Waals surface area contributed by atoms with Gasteiger partial charge >= 0.3 is 0 Å². The molecule has 0 bridgehead atoms. The Morgan fingerprint density at radius 1 is 1.52 bits per heavy atom. The largest absolute Gasteiger partial charge is 0.390 e. The van der Waals surface area contributed by atoms with Crippen LogP contribution in [-0.2, 0) is 17.8 Å². The van der Waals surface area contributed by atoms with Gasteiger partial charge in [-0.3, -0.25) is 4.79 Å². The van der Waals surface area contributed by atoms with Gasteiger partial charge in [-0.1, -0.05) is 29.4 Å². The summed E-state index contributed by atoms with van der Waals surface area (Å²) in [4.78, 5) is 12.2. The van der Waals surface area contributed by atoms with Crippen LogP contribution in [0.2, 0.25) is 0 Å². The van der Waals surface area contributed by atoms with Gasteiger partial charge in [0.1, 0.15) is 6.61 Å². The Hall–Kier alpha value is -2.18. The molecule has 6 nitrogen and oxygen atoms in total. The molecule has 0 fully saturated rings. The molecule has 6 heteroatoms. The highest BCUT2D eigenvalue weighted by molar-refractivity contribution is 5.92. The van der Waals surface area contributed by atoms with E-state index in [-0.39, 0.29) is 18.2 Å². The quantitative estimate of drug-likeness (QED) is 0.883. The molecule has 0 saturated heterocycles. The molecule has 0 spiro atoms. The first-order chi connectivity index (χ1) is 10.2. The van der Waals surface area contributed by atoms with Crippen LogP contribution in [0.15, 0.2) is 34.9 Å². The van der Waals surface area contributed by atoms with E-state index in [4.69, 9.17) is 9.26 Å². The standard InChI is InChI=1S/C15H16N2O4/c1-20-8-10-7-12(17-21-10)15(19)16-14-11-5-3-2-4-9(11)6-13(14)18/h2-5,7,13-14,18H,6,8H2,1H3,(H,16,19). The van der Waals surface area contributed by atoms with Gasteiger partial charge in [0.2, 0.25) is 0 Å². The number of benzene rings is 1. The molecule has 0 saturated carbocycles. The number of carbonyl (C=O) groups is 1. The number of methoxy groups -OCH3 is 1. The van der Waals surface area contributed by atoms with Gasteiger partial charge in [-0.25, -0.2) is 0 Å².